The summed E-state index contributed by atoms with van der Waals surface area (Å²) < 4.78 is 24.8. The Morgan fingerprint density at radius 1 is 0.926 bits per heavy atom. The molecule has 138 valence electrons. The number of rotatable bonds is 7. The van der Waals surface area contributed by atoms with Gasteiger partial charge in [-0.2, -0.15) is 0 Å². The summed E-state index contributed by atoms with van der Waals surface area (Å²) in [7, 11) is 0. The second-order valence-electron chi connectivity index (χ2n) is 5.71. The summed E-state index contributed by atoms with van der Waals surface area (Å²) in [4.78, 5) is 11.9. The maximum Gasteiger partial charge on any atom is 0.262 e. The van der Waals surface area contributed by atoms with Crippen molar-refractivity contribution in [2.45, 2.75) is 6.61 Å². The van der Waals surface area contributed by atoms with Crippen molar-refractivity contribution in [2.24, 2.45) is 0 Å². The molecule has 0 aromatic heterocycles. The maximum absolute atomic E-state index is 13.7. The van der Waals surface area contributed by atoms with Gasteiger partial charge in [0, 0.05) is 5.02 Å². The van der Waals surface area contributed by atoms with Crippen molar-refractivity contribution in [1.29, 1.82) is 0 Å². The fourth-order valence-electron chi connectivity index (χ4n) is 2.30. The molecule has 1 N–H and O–H groups in total. The fourth-order valence-corrected chi connectivity index (χ4v) is 2.46. The van der Waals surface area contributed by atoms with Gasteiger partial charge in [0.1, 0.15) is 23.9 Å². The molecule has 0 heterocycles. The molecular formula is C21H17ClFNO3. The predicted molar refractivity (Wildman–Crippen MR) is 103 cm³/mol. The van der Waals surface area contributed by atoms with Crippen LogP contribution < -0.4 is 14.8 Å². The molecule has 6 heteroatoms. The van der Waals surface area contributed by atoms with Gasteiger partial charge in [-0.05, 0) is 48.0 Å². The summed E-state index contributed by atoms with van der Waals surface area (Å²) in [6.45, 7) is 0.225. The van der Waals surface area contributed by atoms with Crippen LogP contribution in [0.4, 0.5) is 10.1 Å². The van der Waals surface area contributed by atoms with Gasteiger partial charge in [0.15, 0.2) is 6.61 Å². The van der Waals surface area contributed by atoms with Crippen LogP contribution in [0.25, 0.3) is 0 Å². The van der Waals surface area contributed by atoms with E-state index in [0.717, 1.165) is 11.6 Å². The molecule has 0 radical (unpaired) electrons. The Bertz CT molecular complexity index is 901. The molecule has 3 rings (SSSR count). The van der Waals surface area contributed by atoms with Crippen LogP contribution in [0.1, 0.15) is 5.56 Å². The van der Waals surface area contributed by atoms with Gasteiger partial charge in [0.2, 0.25) is 0 Å². The van der Waals surface area contributed by atoms with Crippen molar-refractivity contribution in [2.75, 3.05) is 11.9 Å². The zero-order valence-corrected chi connectivity index (χ0v) is 15.1. The first-order valence-corrected chi connectivity index (χ1v) is 8.62. The number of benzene rings is 3. The number of hydrogen-bond acceptors (Lipinski definition) is 3. The number of ether oxygens (including phenoxy) is 2. The Balaban J connectivity index is 1.47. The number of amides is 1. The Kier molecular flexibility index (Phi) is 6.28. The van der Waals surface area contributed by atoms with E-state index in [-0.39, 0.29) is 17.3 Å². The topological polar surface area (TPSA) is 47.6 Å². The average Bonchev–Trinajstić information content (AvgIpc) is 2.68. The smallest absolute Gasteiger partial charge is 0.262 e. The molecule has 0 spiro atoms. The lowest BCUT2D eigenvalue weighted by Gasteiger charge is -2.10. The third kappa shape index (κ3) is 5.72. The van der Waals surface area contributed by atoms with Crippen LogP contribution in [0.3, 0.4) is 0 Å². The molecule has 0 saturated heterocycles. The summed E-state index contributed by atoms with van der Waals surface area (Å²) in [5.74, 6) is 0.129. The second-order valence-corrected chi connectivity index (χ2v) is 6.14. The number of carbonyl (C=O) groups excluding carboxylic acids is 1. The highest BCUT2D eigenvalue weighted by atomic mass is 35.5. The van der Waals surface area contributed by atoms with E-state index < -0.39 is 11.7 Å². The fraction of sp³-hybridized carbons (Fsp3) is 0.0952. The minimum absolute atomic E-state index is 0.0534. The maximum atomic E-state index is 13.7. The molecule has 3 aromatic carbocycles. The zero-order chi connectivity index (χ0) is 19.1. The summed E-state index contributed by atoms with van der Waals surface area (Å²) >= 11 is 5.68. The average molecular weight is 386 g/mol. The van der Waals surface area contributed by atoms with E-state index in [0.29, 0.717) is 18.1 Å². The Morgan fingerprint density at radius 3 is 2.26 bits per heavy atom. The molecule has 0 aliphatic carbocycles. The predicted octanol–water partition coefficient (Wildman–Crippen LogP) is 5.08. The van der Waals surface area contributed by atoms with Gasteiger partial charge in [-0.25, -0.2) is 4.39 Å². The zero-order valence-electron chi connectivity index (χ0n) is 14.3. The van der Waals surface area contributed by atoms with E-state index in [2.05, 4.69) is 5.32 Å². The van der Waals surface area contributed by atoms with Crippen molar-refractivity contribution < 1.29 is 18.7 Å². The van der Waals surface area contributed by atoms with Crippen LogP contribution in [0.15, 0.2) is 72.8 Å². The lowest BCUT2D eigenvalue weighted by molar-refractivity contribution is -0.118. The van der Waals surface area contributed by atoms with Gasteiger partial charge in [0.25, 0.3) is 5.91 Å². The monoisotopic (exact) mass is 385 g/mol. The molecule has 3 aromatic rings. The van der Waals surface area contributed by atoms with E-state index in [1.165, 1.54) is 12.1 Å². The van der Waals surface area contributed by atoms with E-state index >= 15 is 0 Å². The summed E-state index contributed by atoms with van der Waals surface area (Å²) in [6.07, 6.45) is 0. The van der Waals surface area contributed by atoms with Gasteiger partial charge in [-0.3, -0.25) is 4.79 Å². The van der Waals surface area contributed by atoms with Crippen molar-refractivity contribution in [3.63, 3.8) is 0 Å². The second kappa shape index (κ2) is 9.05. The number of halogens is 2. The van der Waals surface area contributed by atoms with Crippen LogP contribution in [-0.2, 0) is 11.4 Å². The Hall–Kier alpha value is -3.05. The first kappa shape index (κ1) is 18.7. The Morgan fingerprint density at radius 2 is 1.59 bits per heavy atom. The van der Waals surface area contributed by atoms with Crippen molar-refractivity contribution >= 4 is 23.2 Å². The van der Waals surface area contributed by atoms with Gasteiger partial charge < -0.3 is 14.8 Å². The molecule has 4 nitrogen and oxygen atoms in total. The standard InChI is InChI=1S/C21H17ClFNO3/c22-16-6-11-20(19(23)12-16)24-21(25)14-27-18-9-7-17(8-10-18)26-13-15-4-2-1-3-5-15/h1-12H,13-14H2,(H,24,25). The summed E-state index contributed by atoms with van der Waals surface area (Å²) in [5.41, 5.74) is 1.13. The third-order valence-corrected chi connectivity index (χ3v) is 3.88. The van der Waals surface area contributed by atoms with Gasteiger partial charge in [-0.1, -0.05) is 41.9 Å². The normalized spacial score (nSPS) is 10.3. The molecule has 27 heavy (non-hydrogen) atoms. The molecule has 0 unspecified atom stereocenters. The van der Waals surface area contributed by atoms with Crippen LogP contribution in [0, 0.1) is 5.82 Å². The number of hydrogen-bond donors (Lipinski definition) is 1. The van der Waals surface area contributed by atoms with E-state index in [4.69, 9.17) is 21.1 Å². The molecule has 0 fully saturated rings. The van der Waals surface area contributed by atoms with Crippen molar-refractivity contribution in [1.82, 2.24) is 0 Å². The first-order valence-electron chi connectivity index (χ1n) is 8.24. The van der Waals surface area contributed by atoms with Gasteiger partial charge in [0.05, 0.1) is 5.69 Å². The lowest BCUT2D eigenvalue weighted by atomic mass is 10.2. The highest BCUT2D eigenvalue weighted by Crippen LogP contribution is 2.20. The SMILES string of the molecule is O=C(COc1ccc(OCc2ccccc2)cc1)Nc1ccc(Cl)cc1F. The minimum atomic E-state index is -0.601. The molecule has 0 aliphatic heterocycles. The lowest BCUT2D eigenvalue weighted by Crippen LogP contribution is -2.20. The minimum Gasteiger partial charge on any atom is -0.489 e. The van der Waals surface area contributed by atoms with Gasteiger partial charge in [-0.15, -0.1) is 0 Å². The first-order chi connectivity index (χ1) is 13.1. The highest BCUT2D eigenvalue weighted by molar-refractivity contribution is 6.30. The molecule has 0 saturated carbocycles. The van der Waals surface area contributed by atoms with Crippen LogP contribution in [0.5, 0.6) is 11.5 Å². The van der Waals surface area contributed by atoms with Crippen LogP contribution in [0.2, 0.25) is 5.02 Å². The highest BCUT2D eigenvalue weighted by Gasteiger charge is 2.08. The molecule has 0 aliphatic rings. The van der Waals surface area contributed by atoms with Crippen LogP contribution in [-0.4, -0.2) is 12.5 Å². The Labute approximate surface area is 161 Å². The number of carbonyl (C=O) groups is 1. The molecule has 0 bridgehead atoms. The third-order valence-electron chi connectivity index (χ3n) is 3.65. The summed E-state index contributed by atoms with van der Waals surface area (Å²) in [6, 6.07) is 20.8. The van der Waals surface area contributed by atoms with E-state index in [1.54, 1.807) is 24.3 Å². The van der Waals surface area contributed by atoms with E-state index in [1.807, 2.05) is 30.3 Å². The largest absolute Gasteiger partial charge is 0.489 e. The molecule has 0 atom stereocenters. The molecule has 1 amide bonds. The summed E-state index contributed by atoms with van der Waals surface area (Å²) in [5, 5.41) is 2.70. The van der Waals surface area contributed by atoms with Gasteiger partial charge >= 0.3 is 0 Å². The van der Waals surface area contributed by atoms with Crippen LogP contribution >= 0.6 is 11.6 Å². The van der Waals surface area contributed by atoms with Crippen molar-refractivity contribution in [3.8, 4) is 11.5 Å². The van der Waals surface area contributed by atoms with E-state index in [9.17, 15) is 9.18 Å². The number of nitrogens with one attached hydrogen (secondary N) is 1. The molecular weight excluding hydrogens is 369 g/mol. The quantitative estimate of drug-likeness (QED) is 0.617. The van der Waals surface area contributed by atoms with Crippen molar-refractivity contribution in [3.05, 3.63) is 89.2 Å². The number of anilines is 1.